The Kier molecular flexibility index (Phi) is 5.07. The van der Waals surface area contributed by atoms with Crippen molar-refractivity contribution in [2.75, 3.05) is 6.54 Å². The van der Waals surface area contributed by atoms with Gasteiger partial charge in [0.1, 0.15) is 0 Å². The maximum Gasteiger partial charge on any atom is 0.219 e. The molecule has 1 aliphatic heterocycles. The number of carbonyl (C=O) groups excluding carboxylic acids is 1. The molecule has 0 radical (unpaired) electrons. The summed E-state index contributed by atoms with van der Waals surface area (Å²) in [7, 11) is 0. The van der Waals surface area contributed by atoms with Crippen LogP contribution in [0.25, 0.3) is 0 Å². The molecule has 2 nitrogen and oxygen atoms in total. The Morgan fingerprint density at radius 3 is 2.78 bits per heavy atom. The van der Waals surface area contributed by atoms with Gasteiger partial charge in [0, 0.05) is 34.0 Å². The van der Waals surface area contributed by atoms with E-state index >= 15 is 0 Å². The van der Waals surface area contributed by atoms with Crippen LogP contribution in [0.3, 0.4) is 0 Å². The molecule has 9 heavy (non-hydrogen) atoms. The van der Waals surface area contributed by atoms with Crippen LogP contribution in [0.1, 0.15) is 25.7 Å². The van der Waals surface area contributed by atoms with Gasteiger partial charge in [0.05, 0.1) is 0 Å². The minimum absolute atomic E-state index is 0. The second-order valence-electron chi connectivity index (χ2n) is 2.16. The fraction of sp³-hybridized carbons (Fsp3) is 0.833. The normalized spacial score (nSPS) is 19.3. The minimum atomic E-state index is 0. The first-order valence-electron chi connectivity index (χ1n) is 3.16. The molecule has 1 heterocycles. The number of amides is 1. The Labute approximate surface area is 69.7 Å². The molecule has 0 aromatic heterocycles. The summed E-state index contributed by atoms with van der Waals surface area (Å²) < 4.78 is 0. The molecule has 1 rings (SSSR count). The first-order chi connectivity index (χ1) is 3.89. The summed E-state index contributed by atoms with van der Waals surface area (Å²) in [5.74, 6) is 0.225. The zero-order chi connectivity index (χ0) is 5.82. The van der Waals surface area contributed by atoms with Crippen LogP contribution < -0.4 is 5.32 Å². The standard InChI is InChI=1S/C6H11NO.Mo/c8-6-4-2-1-3-5-7-6;/h1-5H2,(H,7,8);. The number of hydrogen-bond donors (Lipinski definition) is 1. The first-order valence-corrected chi connectivity index (χ1v) is 3.16. The van der Waals surface area contributed by atoms with E-state index in [1.54, 1.807) is 0 Å². The molecule has 0 bridgehead atoms. The number of rotatable bonds is 0. The van der Waals surface area contributed by atoms with Crippen molar-refractivity contribution in [1.29, 1.82) is 0 Å². The van der Waals surface area contributed by atoms with Crippen molar-refractivity contribution < 1.29 is 25.9 Å². The van der Waals surface area contributed by atoms with Crippen molar-refractivity contribution in [3.05, 3.63) is 0 Å². The Bertz CT molecular complexity index is 85.1. The van der Waals surface area contributed by atoms with Crippen LogP contribution >= 0.6 is 0 Å². The molecule has 3 heteroatoms. The summed E-state index contributed by atoms with van der Waals surface area (Å²) in [6.07, 6.45) is 4.18. The second-order valence-corrected chi connectivity index (χ2v) is 2.16. The quantitative estimate of drug-likeness (QED) is 0.584. The van der Waals surface area contributed by atoms with Crippen molar-refractivity contribution in [3.63, 3.8) is 0 Å². The van der Waals surface area contributed by atoms with Crippen molar-refractivity contribution >= 4 is 5.91 Å². The van der Waals surface area contributed by atoms with E-state index < -0.39 is 0 Å². The van der Waals surface area contributed by atoms with Gasteiger partial charge in [0.25, 0.3) is 0 Å². The fourth-order valence-electron chi connectivity index (χ4n) is 0.904. The topological polar surface area (TPSA) is 29.1 Å². The van der Waals surface area contributed by atoms with E-state index in [-0.39, 0.29) is 27.0 Å². The number of carbonyl (C=O) groups is 1. The van der Waals surface area contributed by atoms with Crippen LogP contribution in [0.15, 0.2) is 0 Å². The third-order valence-electron chi connectivity index (χ3n) is 1.40. The van der Waals surface area contributed by atoms with Gasteiger partial charge in [-0.25, -0.2) is 0 Å². The molecule has 1 N–H and O–H groups in total. The summed E-state index contributed by atoms with van der Waals surface area (Å²) in [5.41, 5.74) is 0. The van der Waals surface area contributed by atoms with E-state index in [9.17, 15) is 4.79 Å². The van der Waals surface area contributed by atoms with E-state index in [1.165, 1.54) is 6.42 Å². The third-order valence-corrected chi connectivity index (χ3v) is 1.40. The molecule has 0 aromatic carbocycles. The van der Waals surface area contributed by atoms with Crippen LogP contribution in [-0.4, -0.2) is 12.5 Å². The summed E-state index contributed by atoms with van der Waals surface area (Å²) >= 11 is 0. The number of hydrogen-bond acceptors (Lipinski definition) is 1. The summed E-state index contributed by atoms with van der Waals surface area (Å²) in [6, 6.07) is 0. The summed E-state index contributed by atoms with van der Waals surface area (Å²) in [4.78, 5) is 10.6. The zero-order valence-electron chi connectivity index (χ0n) is 5.35. The molecule has 0 atom stereocenters. The average molecular weight is 209 g/mol. The fourth-order valence-corrected chi connectivity index (χ4v) is 0.904. The van der Waals surface area contributed by atoms with Gasteiger partial charge < -0.3 is 5.32 Å². The minimum Gasteiger partial charge on any atom is -0.356 e. The molecular weight excluding hydrogens is 198 g/mol. The maximum absolute atomic E-state index is 10.6. The van der Waals surface area contributed by atoms with Crippen molar-refractivity contribution in [2.24, 2.45) is 0 Å². The SMILES string of the molecule is O=C1CCCCCN1.[Mo]. The molecule has 0 saturated carbocycles. The summed E-state index contributed by atoms with van der Waals surface area (Å²) in [6.45, 7) is 0.888. The zero-order valence-corrected chi connectivity index (χ0v) is 7.36. The molecule has 0 aliphatic carbocycles. The monoisotopic (exact) mass is 211 g/mol. The summed E-state index contributed by atoms with van der Waals surface area (Å²) in [5, 5.41) is 2.81. The van der Waals surface area contributed by atoms with Crippen LogP contribution in [0.2, 0.25) is 0 Å². The van der Waals surface area contributed by atoms with E-state index in [0.29, 0.717) is 0 Å². The van der Waals surface area contributed by atoms with Gasteiger partial charge in [0.2, 0.25) is 5.91 Å². The van der Waals surface area contributed by atoms with Crippen molar-refractivity contribution in [2.45, 2.75) is 25.7 Å². The predicted octanol–water partition coefficient (Wildman–Crippen LogP) is 0.674. The van der Waals surface area contributed by atoms with Crippen LogP contribution in [0, 0.1) is 0 Å². The Morgan fingerprint density at radius 2 is 2.00 bits per heavy atom. The molecule has 1 amide bonds. The smallest absolute Gasteiger partial charge is 0.219 e. The van der Waals surface area contributed by atoms with Crippen LogP contribution in [-0.2, 0) is 25.9 Å². The molecule has 1 aliphatic rings. The third kappa shape index (κ3) is 3.69. The molecule has 0 aromatic rings. The van der Waals surface area contributed by atoms with Gasteiger partial charge in [-0.3, -0.25) is 4.79 Å². The Hall–Kier alpha value is 0.158. The largest absolute Gasteiger partial charge is 0.356 e. The molecule has 0 spiro atoms. The average Bonchev–Trinajstić information content (AvgIpc) is 1.94. The Morgan fingerprint density at radius 1 is 1.22 bits per heavy atom. The van der Waals surface area contributed by atoms with Crippen LogP contribution in [0.4, 0.5) is 0 Å². The van der Waals surface area contributed by atoms with E-state index in [2.05, 4.69) is 5.32 Å². The first kappa shape index (κ1) is 9.16. The molecule has 1 saturated heterocycles. The molecular formula is C6H11MoNO. The maximum atomic E-state index is 10.6. The predicted molar refractivity (Wildman–Crippen MR) is 31.5 cm³/mol. The molecule has 0 unspecified atom stereocenters. The van der Waals surface area contributed by atoms with Crippen molar-refractivity contribution in [1.82, 2.24) is 5.32 Å². The van der Waals surface area contributed by atoms with E-state index in [1.807, 2.05) is 0 Å². The second kappa shape index (κ2) is 4.98. The van der Waals surface area contributed by atoms with E-state index in [0.717, 1.165) is 25.8 Å². The van der Waals surface area contributed by atoms with Crippen molar-refractivity contribution in [3.8, 4) is 0 Å². The molecule has 1 fully saturated rings. The van der Waals surface area contributed by atoms with Gasteiger partial charge in [-0.1, -0.05) is 6.42 Å². The Balaban J connectivity index is 0.000000640. The van der Waals surface area contributed by atoms with Gasteiger partial charge in [0.15, 0.2) is 0 Å². The number of nitrogens with one attached hydrogen (secondary N) is 1. The molecule has 52 valence electrons. The van der Waals surface area contributed by atoms with Gasteiger partial charge >= 0.3 is 0 Å². The van der Waals surface area contributed by atoms with Gasteiger partial charge in [-0.15, -0.1) is 0 Å². The van der Waals surface area contributed by atoms with Crippen LogP contribution in [0.5, 0.6) is 0 Å². The van der Waals surface area contributed by atoms with Gasteiger partial charge in [-0.05, 0) is 12.8 Å². The van der Waals surface area contributed by atoms with Gasteiger partial charge in [-0.2, -0.15) is 0 Å². The van der Waals surface area contributed by atoms with E-state index in [4.69, 9.17) is 0 Å².